The zero-order chi connectivity index (χ0) is 19.5. The summed E-state index contributed by atoms with van der Waals surface area (Å²) >= 11 is 0. The Balaban J connectivity index is 0.00000392. The number of ether oxygens (including phenoxy) is 2. The molecular formula is C21H37IN4O2. The van der Waals surface area contributed by atoms with Crippen LogP contribution < -0.4 is 20.1 Å². The maximum absolute atomic E-state index is 5.96. The quantitative estimate of drug-likeness (QED) is 0.306. The Morgan fingerprint density at radius 1 is 1.29 bits per heavy atom. The van der Waals surface area contributed by atoms with Crippen molar-refractivity contribution in [1.29, 1.82) is 0 Å². The van der Waals surface area contributed by atoms with Crippen molar-refractivity contribution in [3.05, 3.63) is 24.3 Å². The summed E-state index contributed by atoms with van der Waals surface area (Å²) in [7, 11) is 3.48. The number of hydrogen-bond donors (Lipinski definition) is 2. The first-order valence-corrected chi connectivity index (χ1v) is 10.1. The van der Waals surface area contributed by atoms with Crippen LogP contribution in [0.3, 0.4) is 0 Å². The average Bonchev–Trinajstić information content (AvgIpc) is 2.70. The summed E-state index contributed by atoms with van der Waals surface area (Å²) < 4.78 is 11.2. The number of likely N-dealkylation sites (tertiary alicyclic amines) is 1. The number of rotatable bonds is 9. The third kappa shape index (κ3) is 8.86. The summed E-state index contributed by atoms with van der Waals surface area (Å²) in [6.07, 6.45) is 4.92. The second-order valence-electron chi connectivity index (χ2n) is 7.17. The van der Waals surface area contributed by atoms with Gasteiger partial charge in [-0.2, -0.15) is 0 Å². The molecule has 1 aromatic rings. The van der Waals surface area contributed by atoms with Gasteiger partial charge in [0.15, 0.2) is 5.96 Å². The lowest BCUT2D eigenvalue weighted by molar-refractivity contribution is 0.202. The first-order valence-electron chi connectivity index (χ1n) is 10.1. The lowest BCUT2D eigenvalue weighted by Gasteiger charge is -2.33. The summed E-state index contributed by atoms with van der Waals surface area (Å²) in [5.74, 6) is 2.46. The highest BCUT2D eigenvalue weighted by Gasteiger charge is 2.19. The molecule has 2 rings (SSSR count). The van der Waals surface area contributed by atoms with E-state index < -0.39 is 0 Å². The zero-order valence-corrected chi connectivity index (χ0v) is 20.1. The van der Waals surface area contributed by atoms with Crippen molar-refractivity contribution in [2.24, 2.45) is 4.99 Å². The van der Waals surface area contributed by atoms with Gasteiger partial charge in [-0.3, -0.25) is 4.99 Å². The molecule has 1 heterocycles. The van der Waals surface area contributed by atoms with Gasteiger partial charge in [-0.15, -0.1) is 24.0 Å². The fourth-order valence-corrected chi connectivity index (χ4v) is 3.26. The standard InChI is InChI=1S/C21H36N4O2.HI/c1-5-6-12-25-13-10-18(11-14-25)24-21(22-3)23-16-17(2)27-20-9-7-8-19(15-20)26-4;/h7-9,15,17-18H,5-6,10-14,16H2,1-4H3,(H2,22,23,24);1H. The van der Waals surface area contributed by atoms with Gasteiger partial charge in [-0.1, -0.05) is 19.4 Å². The highest BCUT2D eigenvalue weighted by Crippen LogP contribution is 2.19. The molecule has 0 spiro atoms. The summed E-state index contributed by atoms with van der Waals surface area (Å²) in [4.78, 5) is 6.93. The van der Waals surface area contributed by atoms with Crippen LogP contribution in [0.1, 0.15) is 39.5 Å². The van der Waals surface area contributed by atoms with Crippen molar-refractivity contribution < 1.29 is 9.47 Å². The van der Waals surface area contributed by atoms with E-state index >= 15 is 0 Å². The minimum Gasteiger partial charge on any atom is -0.497 e. The van der Waals surface area contributed by atoms with Crippen LogP contribution in [0.15, 0.2) is 29.3 Å². The topological polar surface area (TPSA) is 58.1 Å². The van der Waals surface area contributed by atoms with Crippen LogP contribution in [-0.2, 0) is 0 Å². The predicted molar refractivity (Wildman–Crippen MR) is 127 cm³/mol. The monoisotopic (exact) mass is 504 g/mol. The van der Waals surface area contributed by atoms with Crippen molar-refractivity contribution in [3.63, 3.8) is 0 Å². The van der Waals surface area contributed by atoms with Crippen molar-refractivity contribution in [1.82, 2.24) is 15.5 Å². The number of guanidine groups is 1. The van der Waals surface area contributed by atoms with E-state index in [0.717, 1.165) is 17.5 Å². The molecule has 160 valence electrons. The number of piperidine rings is 1. The molecule has 0 radical (unpaired) electrons. The molecule has 1 atom stereocenters. The molecule has 1 aromatic carbocycles. The van der Waals surface area contributed by atoms with Gasteiger partial charge in [0, 0.05) is 32.2 Å². The molecule has 0 saturated carbocycles. The van der Waals surface area contributed by atoms with Crippen molar-refractivity contribution in [2.75, 3.05) is 40.3 Å². The summed E-state index contributed by atoms with van der Waals surface area (Å²) in [6, 6.07) is 8.18. The Kier molecular flexibility index (Phi) is 12.3. The number of nitrogens with zero attached hydrogens (tertiary/aromatic N) is 2. The number of benzene rings is 1. The fraction of sp³-hybridized carbons (Fsp3) is 0.667. The minimum atomic E-state index is 0. The van der Waals surface area contributed by atoms with Gasteiger partial charge in [0.1, 0.15) is 17.6 Å². The Morgan fingerprint density at radius 3 is 2.64 bits per heavy atom. The minimum absolute atomic E-state index is 0. The first kappa shape index (κ1) is 24.8. The number of nitrogens with one attached hydrogen (secondary N) is 2. The van der Waals surface area contributed by atoms with E-state index in [0.29, 0.717) is 12.6 Å². The lowest BCUT2D eigenvalue weighted by Crippen LogP contribution is -2.50. The smallest absolute Gasteiger partial charge is 0.191 e. The number of unbranched alkanes of at least 4 members (excludes halogenated alkanes) is 1. The molecule has 28 heavy (non-hydrogen) atoms. The van der Waals surface area contributed by atoms with Gasteiger partial charge < -0.3 is 25.0 Å². The largest absolute Gasteiger partial charge is 0.497 e. The Labute approximate surface area is 187 Å². The molecule has 1 aliphatic heterocycles. The number of halogens is 1. The predicted octanol–water partition coefficient (Wildman–Crippen LogP) is 3.51. The van der Waals surface area contributed by atoms with Crippen molar-refractivity contribution >= 4 is 29.9 Å². The van der Waals surface area contributed by atoms with Crippen LogP contribution >= 0.6 is 24.0 Å². The van der Waals surface area contributed by atoms with Crippen LogP contribution in [0.25, 0.3) is 0 Å². The third-order valence-electron chi connectivity index (χ3n) is 4.92. The summed E-state index contributed by atoms with van der Waals surface area (Å²) in [6.45, 7) is 8.56. The Morgan fingerprint density at radius 2 is 2.00 bits per heavy atom. The highest BCUT2D eigenvalue weighted by atomic mass is 127. The van der Waals surface area contributed by atoms with Gasteiger partial charge in [0.05, 0.1) is 13.7 Å². The SMILES string of the molecule is CCCCN1CCC(NC(=NC)NCC(C)Oc2cccc(OC)c2)CC1.I. The van der Waals surface area contributed by atoms with Crippen molar-refractivity contribution in [3.8, 4) is 11.5 Å². The van der Waals surface area contributed by atoms with Crippen LogP contribution in [0.4, 0.5) is 0 Å². The number of aliphatic imine (C=N–C) groups is 1. The molecule has 1 fully saturated rings. The number of methoxy groups -OCH3 is 1. The van der Waals surface area contributed by atoms with E-state index in [1.807, 2.05) is 38.2 Å². The molecule has 0 amide bonds. The molecule has 0 bridgehead atoms. The maximum atomic E-state index is 5.96. The number of hydrogen-bond acceptors (Lipinski definition) is 4. The third-order valence-corrected chi connectivity index (χ3v) is 4.92. The summed E-state index contributed by atoms with van der Waals surface area (Å²) in [5.41, 5.74) is 0. The average molecular weight is 504 g/mol. The van der Waals surface area contributed by atoms with Crippen molar-refractivity contribution in [2.45, 2.75) is 51.7 Å². The maximum Gasteiger partial charge on any atom is 0.191 e. The van der Waals surface area contributed by atoms with E-state index in [-0.39, 0.29) is 30.1 Å². The van der Waals surface area contributed by atoms with Gasteiger partial charge in [-0.05, 0) is 44.9 Å². The van der Waals surface area contributed by atoms with E-state index in [1.165, 1.54) is 45.3 Å². The van der Waals surface area contributed by atoms with Gasteiger partial charge in [0.2, 0.25) is 0 Å². The molecule has 0 aliphatic carbocycles. The summed E-state index contributed by atoms with van der Waals surface area (Å²) in [5, 5.41) is 6.94. The molecule has 1 saturated heterocycles. The Hall–Kier alpha value is -1.22. The van der Waals surface area contributed by atoms with Crippen LogP contribution in [-0.4, -0.2) is 63.3 Å². The van der Waals surface area contributed by atoms with Gasteiger partial charge >= 0.3 is 0 Å². The normalized spacial score (nSPS) is 16.8. The van der Waals surface area contributed by atoms with Gasteiger partial charge in [-0.25, -0.2) is 0 Å². The molecule has 7 heteroatoms. The van der Waals surface area contributed by atoms with E-state index in [1.54, 1.807) is 7.11 Å². The molecule has 2 N–H and O–H groups in total. The van der Waals surface area contributed by atoms with Crippen LogP contribution in [0.5, 0.6) is 11.5 Å². The molecule has 1 aliphatic rings. The zero-order valence-electron chi connectivity index (χ0n) is 17.7. The highest BCUT2D eigenvalue weighted by molar-refractivity contribution is 14.0. The molecular weight excluding hydrogens is 467 g/mol. The second kappa shape index (κ2) is 13.9. The van der Waals surface area contributed by atoms with E-state index in [4.69, 9.17) is 9.47 Å². The fourth-order valence-electron chi connectivity index (χ4n) is 3.26. The molecule has 0 aromatic heterocycles. The van der Waals surface area contributed by atoms with E-state index in [2.05, 4.69) is 27.4 Å². The lowest BCUT2D eigenvalue weighted by atomic mass is 10.0. The van der Waals surface area contributed by atoms with Crippen LogP contribution in [0, 0.1) is 0 Å². The van der Waals surface area contributed by atoms with E-state index in [9.17, 15) is 0 Å². The molecule has 6 nitrogen and oxygen atoms in total. The Bertz CT molecular complexity index is 577. The first-order chi connectivity index (χ1) is 13.1. The second-order valence-corrected chi connectivity index (χ2v) is 7.17. The molecule has 1 unspecified atom stereocenters. The van der Waals surface area contributed by atoms with Gasteiger partial charge in [0.25, 0.3) is 0 Å². The van der Waals surface area contributed by atoms with Crippen LogP contribution in [0.2, 0.25) is 0 Å².